The van der Waals surface area contributed by atoms with Crippen LogP contribution in [0, 0.1) is 20.8 Å². The van der Waals surface area contributed by atoms with Crippen LogP contribution in [0.3, 0.4) is 0 Å². The Kier molecular flexibility index (Phi) is 6.21. The van der Waals surface area contributed by atoms with Crippen molar-refractivity contribution >= 4 is 6.16 Å². The molecule has 0 fully saturated rings. The van der Waals surface area contributed by atoms with Gasteiger partial charge in [-0.15, -0.1) is 0 Å². The SMILES string of the molecule is Cc1ccc(OC(=O)OCCCCc2ccccc2)c(C)c1C. The van der Waals surface area contributed by atoms with Gasteiger partial charge >= 0.3 is 6.16 Å². The first-order chi connectivity index (χ1) is 11.1. The van der Waals surface area contributed by atoms with Crippen LogP contribution < -0.4 is 4.74 Å². The smallest absolute Gasteiger partial charge is 0.434 e. The van der Waals surface area contributed by atoms with E-state index in [0.29, 0.717) is 12.4 Å². The molecule has 0 heterocycles. The lowest BCUT2D eigenvalue weighted by Crippen LogP contribution is -2.12. The van der Waals surface area contributed by atoms with Crippen LogP contribution in [0.5, 0.6) is 5.75 Å². The van der Waals surface area contributed by atoms with Crippen molar-refractivity contribution in [3.8, 4) is 5.75 Å². The van der Waals surface area contributed by atoms with Crippen LogP contribution in [0.4, 0.5) is 4.79 Å². The van der Waals surface area contributed by atoms with Crippen molar-refractivity contribution in [2.24, 2.45) is 0 Å². The van der Waals surface area contributed by atoms with Gasteiger partial charge in [-0.05, 0) is 68.4 Å². The molecule has 0 spiro atoms. The molecular weight excluding hydrogens is 288 g/mol. The van der Waals surface area contributed by atoms with Crippen molar-refractivity contribution < 1.29 is 14.3 Å². The van der Waals surface area contributed by atoms with Gasteiger partial charge < -0.3 is 9.47 Å². The second kappa shape index (κ2) is 8.37. The predicted octanol–water partition coefficient (Wildman–Crippen LogP) is 5.15. The van der Waals surface area contributed by atoms with E-state index in [4.69, 9.17) is 9.47 Å². The van der Waals surface area contributed by atoms with Gasteiger partial charge in [0.15, 0.2) is 0 Å². The van der Waals surface area contributed by atoms with Crippen molar-refractivity contribution in [1.82, 2.24) is 0 Å². The Morgan fingerprint density at radius 2 is 1.65 bits per heavy atom. The van der Waals surface area contributed by atoms with Gasteiger partial charge in [0.05, 0.1) is 6.61 Å². The molecule has 0 bridgehead atoms. The highest BCUT2D eigenvalue weighted by molar-refractivity contribution is 5.65. The van der Waals surface area contributed by atoms with E-state index in [0.717, 1.165) is 30.4 Å². The standard InChI is InChI=1S/C20H24O3/c1-15-12-13-19(17(3)16(15)2)23-20(21)22-14-8-7-11-18-9-5-4-6-10-18/h4-6,9-10,12-13H,7-8,11,14H2,1-3H3. The summed E-state index contributed by atoms with van der Waals surface area (Å²) in [6.45, 7) is 6.39. The molecule has 0 unspecified atom stereocenters. The van der Waals surface area contributed by atoms with Crippen molar-refractivity contribution in [3.05, 3.63) is 64.7 Å². The van der Waals surface area contributed by atoms with Crippen LogP contribution in [0.1, 0.15) is 35.1 Å². The Balaban J connectivity index is 1.70. The lowest BCUT2D eigenvalue weighted by Gasteiger charge is -2.11. The maximum atomic E-state index is 11.7. The number of unbranched alkanes of at least 4 members (excludes halogenated alkanes) is 1. The molecule has 0 aliphatic heterocycles. The molecule has 23 heavy (non-hydrogen) atoms. The lowest BCUT2D eigenvalue weighted by molar-refractivity contribution is 0.0972. The second-order valence-electron chi connectivity index (χ2n) is 5.77. The topological polar surface area (TPSA) is 35.5 Å². The molecule has 122 valence electrons. The molecule has 3 heteroatoms. The van der Waals surface area contributed by atoms with Crippen molar-refractivity contribution in [3.63, 3.8) is 0 Å². The minimum Gasteiger partial charge on any atom is -0.434 e. The Hall–Kier alpha value is -2.29. The zero-order valence-electron chi connectivity index (χ0n) is 14.1. The van der Waals surface area contributed by atoms with E-state index in [9.17, 15) is 4.79 Å². The summed E-state index contributed by atoms with van der Waals surface area (Å²) >= 11 is 0. The molecule has 0 radical (unpaired) electrons. The van der Waals surface area contributed by atoms with E-state index in [1.807, 2.05) is 51.1 Å². The highest BCUT2D eigenvalue weighted by Gasteiger charge is 2.10. The molecule has 0 saturated heterocycles. The second-order valence-corrected chi connectivity index (χ2v) is 5.77. The first-order valence-electron chi connectivity index (χ1n) is 8.03. The van der Waals surface area contributed by atoms with Crippen LogP contribution in [-0.2, 0) is 11.2 Å². The molecule has 2 rings (SSSR count). The quantitative estimate of drug-likeness (QED) is 0.420. The summed E-state index contributed by atoms with van der Waals surface area (Å²) in [5.41, 5.74) is 4.61. The first kappa shape index (κ1) is 17.1. The summed E-state index contributed by atoms with van der Waals surface area (Å²) in [4.78, 5) is 11.7. The van der Waals surface area contributed by atoms with E-state index < -0.39 is 6.16 Å². The number of hydrogen-bond acceptors (Lipinski definition) is 3. The number of carbonyl (C=O) groups is 1. The van der Waals surface area contributed by atoms with Crippen LogP contribution in [-0.4, -0.2) is 12.8 Å². The molecule has 0 N–H and O–H groups in total. The summed E-state index contributed by atoms with van der Waals surface area (Å²) in [6.07, 6.45) is 2.18. The number of aryl methyl sites for hydroxylation is 2. The summed E-state index contributed by atoms with van der Waals surface area (Å²) in [5, 5.41) is 0. The predicted molar refractivity (Wildman–Crippen MR) is 92.0 cm³/mol. The summed E-state index contributed by atoms with van der Waals surface area (Å²) in [7, 11) is 0. The third-order valence-electron chi connectivity index (χ3n) is 4.12. The molecule has 2 aromatic rings. The van der Waals surface area contributed by atoms with Gasteiger partial charge in [-0.2, -0.15) is 0 Å². The highest BCUT2D eigenvalue weighted by Crippen LogP contribution is 2.24. The summed E-state index contributed by atoms with van der Waals surface area (Å²) in [5.74, 6) is 0.572. The first-order valence-corrected chi connectivity index (χ1v) is 8.03. The molecule has 2 aromatic carbocycles. The van der Waals surface area contributed by atoms with E-state index in [1.165, 1.54) is 11.1 Å². The van der Waals surface area contributed by atoms with Crippen LogP contribution in [0.25, 0.3) is 0 Å². The Bertz CT molecular complexity index is 647. The molecular formula is C20H24O3. The average molecular weight is 312 g/mol. The number of benzene rings is 2. The van der Waals surface area contributed by atoms with Crippen LogP contribution in [0.15, 0.2) is 42.5 Å². The van der Waals surface area contributed by atoms with Gasteiger partial charge in [-0.1, -0.05) is 36.4 Å². The van der Waals surface area contributed by atoms with E-state index in [-0.39, 0.29) is 0 Å². The number of ether oxygens (including phenoxy) is 2. The Labute approximate surface area is 138 Å². The molecule has 3 nitrogen and oxygen atoms in total. The van der Waals surface area contributed by atoms with Gasteiger partial charge in [0.1, 0.15) is 5.75 Å². The molecule has 0 atom stereocenters. The van der Waals surface area contributed by atoms with Gasteiger partial charge in [0, 0.05) is 0 Å². The number of rotatable bonds is 6. The van der Waals surface area contributed by atoms with Crippen molar-refractivity contribution in [2.75, 3.05) is 6.61 Å². The number of hydrogen-bond donors (Lipinski definition) is 0. The lowest BCUT2D eigenvalue weighted by atomic mass is 10.0. The summed E-state index contributed by atoms with van der Waals surface area (Å²) < 4.78 is 10.4. The van der Waals surface area contributed by atoms with Crippen LogP contribution in [0.2, 0.25) is 0 Å². The van der Waals surface area contributed by atoms with E-state index in [2.05, 4.69) is 12.1 Å². The van der Waals surface area contributed by atoms with Crippen molar-refractivity contribution in [1.29, 1.82) is 0 Å². The summed E-state index contributed by atoms with van der Waals surface area (Å²) in [6, 6.07) is 14.1. The third-order valence-corrected chi connectivity index (χ3v) is 4.12. The maximum absolute atomic E-state index is 11.7. The minimum atomic E-state index is -0.629. The zero-order chi connectivity index (χ0) is 16.7. The third kappa shape index (κ3) is 5.13. The minimum absolute atomic E-state index is 0.384. The van der Waals surface area contributed by atoms with E-state index >= 15 is 0 Å². The largest absolute Gasteiger partial charge is 0.513 e. The maximum Gasteiger partial charge on any atom is 0.513 e. The highest BCUT2D eigenvalue weighted by atomic mass is 16.7. The normalized spacial score (nSPS) is 10.4. The van der Waals surface area contributed by atoms with Gasteiger partial charge in [-0.3, -0.25) is 0 Å². The van der Waals surface area contributed by atoms with Gasteiger partial charge in [0.2, 0.25) is 0 Å². The van der Waals surface area contributed by atoms with Gasteiger partial charge in [0.25, 0.3) is 0 Å². The molecule has 0 aliphatic carbocycles. The van der Waals surface area contributed by atoms with Gasteiger partial charge in [-0.25, -0.2) is 4.79 Å². The monoisotopic (exact) mass is 312 g/mol. The zero-order valence-corrected chi connectivity index (χ0v) is 14.1. The molecule has 0 saturated carbocycles. The fourth-order valence-corrected chi connectivity index (χ4v) is 2.39. The Morgan fingerprint density at radius 1 is 0.913 bits per heavy atom. The fraction of sp³-hybridized carbons (Fsp3) is 0.350. The van der Waals surface area contributed by atoms with Crippen molar-refractivity contribution in [2.45, 2.75) is 40.0 Å². The number of carbonyl (C=O) groups excluding carboxylic acids is 1. The molecule has 0 amide bonds. The fourth-order valence-electron chi connectivity index (χ4n) is 2.39. The molecule has 0 aliphatic rings. The average Bonchev–Trinajstić information content (AvgIpc) is 2.56. The molecule has 0 aromatic heterocycles. The van der Waals surface area contributed by atoms with Crippen LogP contribution >= 0.6 is 0 Å². The Morgan fingerprint density at radius 3 is 2.39 bits per heavy atom. The van der Waals surface area contributed by atoms with E-state index in [1.54, 1.807) is 0 Å².